The Morgan fingerprint density at radius 2 is 1.09 bits per heavy atom. The molecule has 1 atom stereocenters. The van der Waals surface area contributed by atoms with E-state index in [-0.39, 0.29) is 0 Å². The van der Waals surface area contributed by atoms with Gasteiger partial charge in [0.05, 0.1) is 0 Å². The second-order valence-corrected chi connectivity index (χ2v) is 7.54. The van der Waals surface area contributed by atoms with E-state index in [1.54, 1.807) is 0 Å². The fraction of sp³-hybridized carbons (Fsp3) is 1.00. The maximum Gasteiger partial charge on any atom is 0.159 e. The van der Waals surface area contributed by atoms with Crippen LogP contribution in [0.5, 0.6) is 0 Å². The molecule has 0 saturated carbocycles. The lowest BCUT2D eigenvalue weighted by molar-refractivity contribution is -0.150. The van der Waals surface area contributed by atoms with Gasteiger partial charge in [-0.05, 0) is 19.3 Å². The molecule has 2 nitrogen and oxygen atoms in total. The Labute approximate surface area is 139 Å². The standard InChI is InChI=1S/C20H42O2/c1-4-5-13-16-19(2)17-14-11-9-7-6-8-10-12-15-18-20(3,21)22/h19,21-22H,4-18H2,1-3H3. The average molecular weight is 315 g/mol. The van der Waals surface area contributed by atoms with E-state index in [4.69, 9.17) is 0 Å². The third-order valence-corrected chi connectivity index (χ3v) is 4.65. The SMILES string of the molecule is CCCCCC(C)CCCCCCCCCCCC(C)(O)O. The summed E-state index contributed by atoms with van der Waals surface area (Å²) in [5.41, 5.74) is 0. The molecule has 0 aliphatic carbocycles. The molecule has 0 saturated heterocycles. The van der Waals surface area contributed by atoms with Crippen LogP contribution in [0.2, 0.25) is 0 Å². The minimum Gasteiger partial charge on any atom is -0.366 e. The van der Waals surface area contributed by atoms with E-state index in [0.717, 1.165) is 18.8 Å². The van der Waals surface area contributed by atoms with Crippen LogP contribution in [0.4, 0.5) is 0 Å². The number of rotatable bonds is 16. The predicted molar refractivity (Wildman–Crippen MR) is 96.9 cm³/mol. The first-order chi connectivity index (χ1) is 10.5. The Morgan fingerprint density at radius 1 is 0.682 bits per heavy atom. The van der Waals surface area contributed by atoms with Crippen molar-refractivity contribution in [2.75, 3.05) is 0 Å². The fourth-order valence-electron chi connectivity index (χ4n) is 3.08. The van der Waals surface area contributed by atoms with Crippen LogP contribution in [0, 0.1) is 5.92 Å². The molecule has 0 spiro atoms. The number of hydrogen-bond acceptors (Lipinski definition) is 2. The average Bonchev–Trinajstić information content (AvgIpc) is 2.44. The van der Waals surface area contributed by atoms with Crippen molar-refractivity contribution in [1.29, 1.82) is 0 Å². The molecule has 2 N–H and O–H groups in total. The molecule has 0 aromatic carbocycles. The maximum atomic E-state index is 9.20. The quantitative estimate of drug-likeness (QED) is 0.263. The highest BCUT2D eigenvalue weighted by Gasteiger charge is 2.13. The van der Waals surface area contributed by atoms with Gasteiger partial charge >= 0.3 is 0 Å². The minimum absolute atomic E-state index is 0.503. The van der Waals surface area contributed by atoms with E-state index in [2.05, 4.69) is 13.8 Å². The smallest absolute Gasteiger partial charge is 0.159 e. The summed E-state index contributed by atoms with van der Waals surface area (Å²) >= 11 is 0. The summed E-state index contributed by atoms with van der Waals surface area (Å²) < 4.78 is 0. The van der Waals surface area contributed by atoms with Crippen molar-refractivity contribution in [3.8, 4) is 0 Å². The van der Waals surface area contributed by atoms with Gasteiger partial charge in [0, 0.05) is 6.42 Å². The molecule has 1 unspecified atom stereocenters. The number of hydrogen-bond donors (Lipinski definition) is 2. The van der Waals surface area contributed by atoms with Gasteiger partial charge in [-0.3, -0.25) is 0 Å². The monoisotopic (exact) mass is 314 g/mol. The van der Waals surface area contributed by atoms with Crippen LogP contribution in [0.1, 0.15) is 117 Å². The lowest BCUT2D eigenvalue weighted by Crippen LogP contribution is -2.22. The van der Waals surface area contributed by atoms with E-state index < -0.39 is 5.79 Å². The van der Waals surface area contributed by atoms with Gasteiger partial charge in [-0.25, -0.2) is 0 Å². The molecule has 0 amide bonds. The van der Waals surface area contributed by atoms with Crippen LogP contribution in [-0.2, 0) is 0 Å². The van der Waals surface area contributed by atoms with Crippen molar-refractivity contribution in [1.82, 2.24) is 0 Å². The Kier molecular flexibility index (Phi) is 14.5. The Balaban J connectivity index is 3.14. The summed E-state index contributed by atoms with van der Waals surface area (Å²) in [6, 6.07) is 0. The highest BCUT2D eigenvalue weighted by molar-refractivity contribution is 4.57. The molecule has 0 aliphatic heterocycles. The van der Waals surface area contributed by atoms with Crippen molar-refractivity contribution in [2.24, 2.45) is 5.92 Å². The van der Waals surface area contributed by atoms with E-state index in [1.807, 2.05) is 0 Å². The van der Waals surface area contributed by atoms with Crippen molar-refractivity contribution >= 4 is 0 Å². The van der Waals surface area contributed by atoms with E-state index in [1.165, 1.54) is 84.0 Å². The van der Waals surface area contributed by atoms with Crippen molar-refractivity contribution in [2.45, 2.75) is 123 Å². The first kappa shape index (κ1) is 21.9. The normalized spacial score (nSPS) is 13.5. The van der Waals surface area contributed by atoms with Gasteiger partial charge in [-0.15, -0.1) is 0 Å². The Bertz CT molecular complexity index is 220. The molecule has 0 fully saturated rings. The lowest BCUT2D eigenvalue weighted by Gasteiger charge is -2.14. The van der Waals surface area contributed by atoms with Gasteiger partial charge in [0.15, 0.2) is 5.79 Å². The third kappa shape index (κ3) is 18.0. The first-order valence-electron chi connectivity index (χ1n) is 9.90. The minimum atomic E-state index is -1.46. The molecule has 2 heteroatoms. The van der Waals surface area contributed by atoms with Crippen molar-refractivity contribution in [3.05, 3.63) is 0 Å². The summed E-state index contributed by atoms with van der Waals surface area (Å²) in [5, 5.41) is 18.4. The summed E-state index contributed by atoms with van der Waals surface area (Å²) in [6.07, 6.45) is 19.1. The lowest BCUT2D eigenvalue weighted by atomic mass is 9.96. The van der Waals surface area contributed by atoms with Crippen LogP contribution >= 0.6 is 0 Å². The van der Waals surface area contributed by atoms with Crippen LogP contribution < -0.4 is 0 Å². The molecular weight excluding hydrogens is 272 g/mol. The summed E-state index contributed by atoms with van der Waals surface area (Å²) in [4.78, 5) is 0. The third-order valence-electron chi connectivity index (χ3n) is 4.65. The first-order valence-corrected chi connectivity index (χ1v) is 9.90. The molecular formula is C20H42O2. The molecule has 134 valence electrons. The maximum absolute atomic E-state index is 9.20. The topological polar surface area (TPSA) is 40.5 Å². The van der Waals surface area contributed by atoms with Gasteiger partial charge < -0.3 is 10.2 Å². The molecule has 0 aliphatic rings. The van der Waals surface area contributed by atoms with Gasteiger partial charge in [0.2, 0.25) is 0 Å². The molecule has 0 radical (unpaired) electrons. The molecule has 0 rings (SSSR count). The number of aliphatic hydroxyl groups is 2. The second kappa shape index (κ2) is 14.5. The molecule has 0 bridgehead atoms. The van der Waals surface area contributed by atoms with E-state index in [9.17, 15) is 10.2 Å². The van der Waals surface area contributed by atoms with Crippen LogP contribution in [0.15, 0.2) is 0 Å². The van der Waals surface area contributed by atoms with E-state index >= 15 is 0 Å². The molecule has 0 heterocycles. The zero-order valence-corrected chi connectivity index (χ0v) is 15.6. The summed E-state index contributed by atoms with van der Waals surface area (Å²) in [7, 11) is 0. The molecule has 0 aromatic heterocycles. The summed E-state index contributed by atoms with van der Waals surface area (Å²) in [5.74, 6) is -0.538. The fourth-order valence-corrected chi connectivity index (χ4v) is 3.08. The van der Waals surface area contributed by atoms with Crippen LogP contribution in [0.25, 0.3) is 0 Å². The summed E-state index contributed by atoms with van der Waals surface area (Å²) in [6.45, 7) is 6.16. The van der Waals surface area contributed by atoms with Crippen LogP contribution in [-0.4, -0.2) is 16.0 Å². The Hall–Kier alpha value is -0.0800. The largest absolute Gasteiger partial charge is 0.366 e. The highest BCUT2D eigenvalue weighted by Crippen LogP contribution is 2.18. The predicted octanol–water partition coefficient (Wildman–Crippen LogP) is 6.19. The van der Waals surface area contributed by atoms with E-state index in [0.29, 0.717) is 6.42 Å². The van der Waals surface area contributed by atoms with Crippen molar-refractivity contribution in [3.63, 3.8) is 0 Å². The van der Waals surface area contributed by atoms with Gasteiger partial charge in [0.25, 0.3) is 0 Å². The zero-order valence-electron chi connectivity index (χ0n) is 15.6. The highest BCUT2D eigenvalue weighted by atomic mass is 16.5. The van der Waals surface area contributed by atoms with Gasteiger partial charge in [-0.1, -0.05) is 97.3 Å². The van der Waals surface area contributed by atoms with Gasteiger partial charge in [-0.2, -0.15) is 0 Å². The second-order valence-electron chi connectivity index (χ2n) is 7.54. The van der Waals surface area contributed by atoms with Gasteiger partial charge in [0.1, 0.15) is 0 Å². The number of unbranched alkanes of at least 4 members (excludes halogenated alkanes) is 10. The molecule has 22 heavy (non-hydrogen) atoms. The zero-order chi connectivity index (χ0) is 16.7. The van der Waals surface area contributed by atoms with Crippen LogP contribution in [0.3, 0.4) is 0 Å². The Morgan fingerprint density at radius 3 is 1.55 bits per heavy atom. The van der Waals surface area contributed by atoms with Crippen molar-refractivity contribution < 1.29 is 10.2 Å². The molecule has 0 aromatic rings.